The van der Waals surface area contributed by atoms with Gasteiger partial charge in [0, 0.05) is 37.8 Å². The van der Waals surface area contributed by atoms with E-state index in [1.54, 1.807) is 18.2 Å². The third-order valence-corrected chi connectivity index (χ3v) is 5.20. The molecule has 27 heavy (non-hydrogen) atoms. The molecular formula is C22H28N2O3. The van der Waals surface area contributed by atoms with E-state index in [1.807, 2.05) is 11.0 Å². The predicted octanol–water partition coefficient (Wildman–Crippen LogP) is 2.53. The van der Waals surface area contributed by atoms with E-state index in [1.165, 1.54) is 11.6 Å². The van der Waals surface area contributed by atoms with Gasteiger partial charge in [0.1, 0.15) is 5.75 Å². The molecule has 1 amide bonds. The summed E-state index contributed by atoms with van der Waals surface area (Å²) in [6.07, 6.45) is 2.76. The van der Waals surface area contributed by atoms with Crippen LogP contribution in [-0.2, 0) is 6.42 Å². The van der Waals surface area contributed by atoms with Gasteiger partial charge in [0.15, 0.2) is 0 Å². The van der Waals surface area contributed by atoms with Gasteiger partial charge in [0.25, 0.3) is 5.91 Å². The van der Waals surface area contributed by atoms with E-state index in [0.717, 1.165) is 25.9 Å². The molecule has 0 spiro atoms. The van der Waals surface area contributed by atoms with Gasteiger partial charge in [-0.1, -0.05) is 36.4 Å². The van der Waals surface area contributed by atoms with Gasteiger partial charge in [-0.15, -0.1) is 0 Å². The number of aliphatic hydroxyl groups excluding tert-OH is 1. The Balaban J connectivity index is 1.56. The Bertz CT molecular complexity index is 735. The maximum absolute atomic E-state index is 12.7. The highest BCUT2D eigenvalue weighted by molar-refractivity contribution is 5.94. The molecule has 144 valence electrons. The Morgan fingerprint density at radius 1 is 1.07 bits per heavy atom. The van der Waals surface area contributed by atoms with Gasteiger partial charge in [-0.05, 0) is 49.6 Å². The van der Waals surface area contributed by atoms with Crippen molar-refractivity contribution in [2.75, 3.05) is 32.8 Å². The molecule has 1 aliphatic rings. The van der Waals surface area contributed by atoms with Crippen molar-refractivity contribution >= 4 is 5.91 Å². The molecule has 0 aliphatic carbocycles. The molecule has 5 nitrogen and oxygen atoms in total. The van der Waals surface area contributed by atoms with Crippen molar-refractivity contribution in [2.45, 2.75) is 25.3 Å². The minimum Gasteiger partial charge on any atom is -0.508 e. The zero-order valence-corrected chi connectivity index (χ0v) is 15.6. The Kier molecular flexibility index (Phi) is 6.85. The molecule has 2 N–H and O–H groups in total. The molecule has 3 rings (SSSR count). The standard InChI is InChI=1S/C22H28N2O3/c25-15-11-20-17-24(22(27)19-9-4-10-21(26)16-19)14-13-23(20)12-5-8-18-6-2-1-3-7-18/h1-4,6-7,9-10,16,20,25-26H,5,8,11-15,17H2/t20-/m1/s1. The van der Waals surface area contributed by atoms with Gasteiger partial charge in [0.05, 0.1) is 0 Å². The van der Waals surface area contributed by atoms with E-state index in [2.05, 4.69) is 29.2 Å². The third-order valence-electron chi connectivity index (χ3n) is 5.20. The van der Waals surface area contributed by atoms with Crippen LogP contribution in [0.5, 0.6) is 5.75 Å². The summed E-state index contributed by atoms with van der Waals surface area (Å²) < 4.78 is 0. The number of aromatic hydroxyl groups is 1. The molecule has 0 unspecified atom stereocenters. The Hall–Kier alpha value is -2.37. The van der Waals surface area contributed by atoms with Crippen LogP contribution in [0.3, 0.4) is 0 Å². The van der Waals surface area contributed by atoms with E-state index < -0.39 is 0 Å². The molecular weight excluding hydrogens is 340 g/mol. The number of phenols is 1. The Morgan fingerprint density at radius 2 is 1.89 bits per heavy atom. The molecule has 1 fully saturated rings. The van der Waals surface area contributed by atoms with Gasteiger partial charge in [-0.2, -0.15) is 0 Å². The Labute approximate surface area is 160 Å². The maximum atomic E-state index is 12.7. The molecule has 2 aromatic rings. The van der Waals surface area contributed by atoms with Crippen molar-refractivity contribution < 1.29 is 15.0 Å². The number of amides is 1. The predicted molar refractivity (Wildman–Crippen MR) is 106 cm³/mol. The van der Waals surface area contributed by atoms with Gasteiger partial charge >= 0.3 is 0 Å². The second kappa shape index (κ2) is 9.53. The number of carbonyl (C=O) groups excluding carboxylic acids is 1. The van der Waals surface area contributed by atoms with E-state index in [0.29, 0.717) is 25.1 Å². The molecule has 0 aromatic heterocycles. The van der Waals surface area contributed by atoms with E-state index in [-0.39, 0.29) is 24.3 Å². The van der Waals surface area contributed by atoms with Crippen LogP contribution in [0, 0.1) is 0 Å². The lowest BCUT2D eigenvalue weighted by Crippen LogP contribution is -2.55. The summed E-state index contributed by atoms with van der Waals surface area (Å²) in [5.41, 5.74) is 1.85. The number of benzene rings is 2. The van der Waals surface area contributed by atoms with Gasteiger partial charge < -0.3 is 15.1 Å². The molecule has 1 atom stereocenters. The van der Waals surface area contributed by atoms with Crippen LogP contribution < -0.4 is 0 Å². The summed E-state index contributed by atoms with van der Waals surface area (Å²) in [4.78, 5) is 17.0. The fourth-order valence-corrected chi connectivity index (χ4v) is 3.75. The lowest BCUT2D eigenvalue weighted by molar-refractivity contribution is 0.0419. The van der Waals surface area contributed by atoms with Crippen LogP contribution in [0.4, 0.5) is 0 Å². The number of aryl methyl sites for hydroxylation is 1. The van der Waals surface area contributed by atoms with Crippen LogP contribution in [0.2, 0.25) is 0 Å². The second-order valence-electron chi connectivity index (χ2n) is 7.09. The van der Waals surface area contributed by atoms with Gasteiger partial charge in [-0.25, -0.2) is 0 Å². The van der Waals surface area contributed by atoms with Crippen LogP contribution in [0.1, 0.15) is 28.8 Å². The molecule has 2 aromatic carbocycles. The number of aliphatic hydroxyl groups is 1. The molecule has 1 aliphatic heterocycles. The summed E-state index contributed by atoms with van der Waals surface area (Å²) >= 11 is 0. The summed E-state index contributed by atoms with van der Waals surface area (Å²) in [5.74, 6) is 0.0464. The summed E-state index contributed by atoms with van der Waals surface area (Å²) in [6.45, 7) is 3.17. The number of rotatable bonds is 7. The smallest absolute Gasteiger partial charge is 0.254 e. The number of nitrogens with zero attached hydrogens (tertiary/aromatic N) is 2. The SMILES string of the molecule is O=C(c1cccc(O)c1)N1CCN(CCCc2ccccc2)[C@H](CCO)C1. The van der Waals surface area contributed by atoms with E-state index in [9.17, 15) is 15.0 Å². The highest BCUT2D eigenvalue weighted by Crippen LogP contribution is 2.18. The molecule has 0 radical (unpaired) electrons. The lowest BCUT2D eigenvalue weighted by atomic mass is 10.0. The minimum atomic E-state index is -0.0576. The number of phenolic OH excluding ortho intramolecular Hbond substituents is 1. The van der Waals surface area contributed by atoms with Crippen molar-refractivity contribution in [3.63, 3.8) is 0 Å². The topological polar surface area (TPSA) is 64.0 Å². The summed E-state index contributed by atoms with van der Waals surface area (Å²) in [6, 6.07) is 17.1. The molecule has 5 heteroatoms. The lowest BCUT2D eigenvalue weighted by Gasteiger charge is -2.41. The first kappa shape index (κ1) is 19.4. The normalized spacial score (nSPS) is 17.8. The van der Waals surface area contributed by atoms with Crippen molar-refractivity contribution in [3.05, 3.63) is 65.7 Å². The first-order chi connectivity index (χ1) is 13.2. The molecule has 1 heterocycles. The molecule has 1 saturated heterocycles. The highest BCUT2D eigenvalue weighted by atomic mass is 16.3. The van der Waals surface area contributed by atoms with E-state index in [4.69, 9.17) is 0 Å². The first-order valence-corrected chi connectivity index (χ1v) is 9.64. The van der Waals surface area contributed by atoms with Crippen LogP contribution in [-0.4, -0.2) is 64.7 Å². The Morgan fingerprint density at radius 3 is 2.63 bits per heavy atom. The maximum Gasteiger partial charge on any atom is 0.254 e. The quantitative estimate of drug-likeness (QED) is 0.788. The van der Waals surface area contributed by atoms with E-state index >= 15 is 0 Å². The zero-order valence-electron chi connectivity index (χ0n) is 15.6. The first-order valence-electron chi connectivity index (χ1n) is 9.64. The van der Waals surface area contributed by atoms with Crippen molar-refractivity contribution in [1.82, 2.24) is 9.80 Å². The minimum absolute atomic E-state index is 0.0576. The summed E-state index contributed by atoms with van der Waals surface area (Å²) in [7, 11) is 0. The van der Waals surface area contributed by atoms with Gasteiger partial charge in [-0.3, -0.25) is 9.69 Å². The fourth-order valence-electron chi connectivity index (χ4n) is 3.75. The average Bonchev–Trinajstić information content (AvgIpc) is 2.69. The fraction of sp³-hybridized carbons (Fsp3) is 0.409. The third kappa shape index (κ3) is 5.31. The van der Waals surface area contributed by atoms with Crippen LogP contribution >= 0.6 is 0 Å². The molecule has 0 bridgehead atoms. The number of piperazine rings is 1. The molecule has 0 saturated carbocycles. The number of hydrogen-bond acceptors (Lipinski definition) is 4. The highest BCUT2D eigenvalue weighted by Gasteiger charge is 2.29. The monoisotopic (exact) mass is 368 g/mol. The van der Waals surface area contributed by atoms with Crippen molar-refractivity contribution in [3.8, 4) is 5.75 Å². The van der Waals surface area contributed by atoms with Crippen molar-refractivity contribution in [2.24, 2.45) is 0 Å². The largest absolute Gasteiger partial charge is 0.508 e. The van der Waals surface area contributed by atoms with Crippen molar-refractivity contribution in [1.29, 1.82) is 0 Å². The second-order valence-corrected chi connectivity index (χ2v) is 7.09. The van der Waals surface area contributed by atoms with Crippen LogP contribution in [0.25, 0.3) is 0 Å². The average molecular weight is 368 g/mol. The number of carbonyl (C=O) groups is 1. The van der Waals surface area contributed by atoms with Gasteiger partial charge in [0.2, 0.25) is 0 Å². The number of hydrogen-bond donors (Lipinski definition) is 2. The summed E-state index contributed by atoms with van der Waals surface area (Å²) in [5, 5.41) is 19.1. The zero-order chi connectivity index (χ0) is 19.1. The van der Waals surface area contributed by atoms with Crippen LogP contribution in [0.15, 0.2) is 54.6 Å².